The highest BCUT2D eigenvalue weighted by Gasteiger charge is 2.07. The topological polar surface area (TPSA) is 40.5 Å². The summed E-state index contributed by atoms with van der Waals surface area (Å²) >= 11 is 0. The van der Waals surface area contributed by atoms with Crippen LogP contribution < -0.4 is 0 Å². The largest absolute Gasteiger partial charge is 0.393 e. The van der Waals surface area contributed by atoms with Crippen molar-refractivity contribution in [3.8, 4) is 0 Å². The second-order valence-corrected chi connectivity index (χ2v) is 4.21. The molecule has 0 bridgehead atoms. The molecule has 2 N–H and O–H groups in total. The van der Waals surface area contributed by atoms with Gasteiger partial charge < -0.3 is 10.2 Å². The Labute approximate surface area is 81.3 Å². The molecular weight excluding hydrogens is 164 g/mol. The van der Waals surface area contributed by atoms with Gasteiger partial charge in [0.2, 0.25) is 0 Å². The lowest BCUT2D eigenvalue weighted by atomic mass is 10.0. The molecule has 78 valence electrons. The van der Waals surface area contributed by atoms with E-state index in [1.807, 2.05) is 33.8 Å². The molecule has 0 aromatic heterocycles. The zero-order chi connectivity index (χ0) is 10.4. The first-order valence-electron chi connectivity index (χ1n) is 4.98. The molecule has 0 heterocycles. The third-order valence-electron chi connectivity index (χ3n) is 2.16. The van der Waals surface area contributed by atoms with Gasteiger partial charge in [-0.1, -0.05) is 39.8 Å². The van der Waals surface area contributed by atoms with E-state index in [9.17, 15) is 10.2 Å². The molecule has 0 aromatic rings. The fraction of sp³-hybridized carbons (Fsp3) is 0.818. The first-order chi connectivity index (χ1) is 5.95. The molecule has 0 fully saturated rings. The van der Waals surface area contributed by atoms with Gasteiger partial charge in [-0.05, 0) is 18.3 Å². The number of hydrogen-bond donors (Lipinski definition) is 2. The van der Waals surface area contributed by atoms with Crippen molar-refractivity contribution in [3.05, 3.63) is 12.2 Å². The normalized spacial score (nSPS) is 17.2. The third kappa shape index (κ3) is 5.83. The standard InChI is InChI=1S/C11H22O2/c1-8(2)10(12)6-5-7-11(13)9(3)4/h5-6,8-13H,7H2,1-4H3/b6-5-/t10-,11+/m1/s1. The Morgan fingerprint density at radius 2 is 1.54 bits per heavy atom. The summed E-state index contributed by atoms with van der Waals surface area (Å²) < 4.78 is 0. The zero-order valence-electron chi connectivity index (χ0n) is 9.07. The van der Waals surface area contributed by atoms with Crippen LogP contribution in [0.15, 0.2) is 12.2 Å². The molecule has 0 unspecified atom stereocenters. The van der Waals surface area contributed by atoms with Crippen LogP contribution in [-0.4, -0.2) is 22.4 Å². The second-order valence-electron chi connectivity index (χ2n) is 4.21. The van der Waals surface area contributed by atoms with E-state index < -0.39 is 0 Å². The monoisotopic (exact) mass is 186 g/mol. The van der Waals surface area contributed by atoms with E-state index in [2.05, 4.69) is 0 Å². The molecule has 0 saturated heterocycles. The highest BCUT2D eigenvalue weighted by molar-refractivity contribution is 4.91. The minimum absolute atomic E-state index is 0.243. The van der Waals surface area contributed by atoms with E-state index in [4.69, 9.17) is 0 Å². The molecule has 2 heteroatoms. The Bertz CT molecular complexity index is 150. The molecular formula is C11H22O2. The van der Waals surface area contributed by atoms with Crippen LogP contribution in [0.4, 0.5) is 0 Å². The Morgan fingerprint density at radius 1 is 1.00 bits per heavy atom. The Kier molecular flexibility index (Phi) is 6.00. The molecule has 2 atom stereocenters. The molecule has 0 aromatic carbocycles. The van der Waals surface area contributed by atoms with E-state index in [0.29, 0.717) is 6.42 Å². The van der Waals surface area contributed by atoms with Gasteiger partial charge in [0.25, 0.3) is 0 Å². The van der Waals surface area contributed by atoms with E-state index in [-0.39, 0.29) is 24.0 Å². The summed E-state index contributed by atoms with van der Waals surface area (Å²) in [5, 5.41) is 18.9. The van der Waals surface area contributed by atoms with Crippen LogP contribution >= 0.6 is 0 Å². The van der Waals surface area contributed by atoms with Crippen molar-refractivity contribution in [3.63, 3.8) is 0 Å². The van der Waals surface area contributed by atoms with Crippen molar-refractivity contribution in [2.75, 3.05) is 0 Å². The molecule has 0 aliphatic rings. The fourth-order valence-corrected chi connectivity index (χ4v) is 0.852. The summed E-state index contributed by atoms with van der Waals surface area (Å²) in [5.74, 6) is 0.522. The summed E-state index contributed by atoms with van der Waals surface area (Å²) in [6, 6.07) is 0. The SMILES string of the molecule is CC(C)[C@H](O)/C=C\C[C@H](O)C(C)C. The maximum absolute atomic E-state index is 9.45. The van der Waals surface area contributed by atoms with E-state index in [0.717, 1.165) is 0 Å². The molecule has 13 heavy (non-hydrogen) atoms. The number of aliphatic hydroxyl groups is 2. The maximum Gasteiger partial charge on any atom is 0.0743 e. The van der Waals surface area contributed by atoms with Gasteiger partial charge in [0.1, 0.15) is 0 Å². The predicted octanol–water partition coefficient (Wildman–Crippen LogP) is 1.97. The molecule has 0 spiro atoms. The molecule has 0 radical (unpaired) electrons. The van der Waals surface area contributed by atoms with E-state index >= 15 is 0 Å². The predicted molar refractivity (Wildman–Crippen MR) is 55.4 cm³/mol. The Morgan fingerprint density at radius 3 is 1.92 bits per heavy atom. The maximum atomic E-state index is 9.45. The molecule has 0 saturated carbocycles. The van der Waals surface area contributed by atoms with Gasteiger partial charge in [-0.3, -0.25) is 0 Å². The minimum Gasteiger partial charge on any atom is -0.393 e. The van der Waals surface area contributed by atoms with Crippen molar-refractivity contribution < 1.29 is 10.2 Å². The van der Waals surface area contributed by atoms with Gasteiger partial charge in [0.15, 0.2) is 0 Å². The lowest BCUT2D eigenvalue weighted by Crippen LogP contribution is -2.14. The van der Waals surface area contributed by atoms with Gasteiger partial charge in [0.05, 0.1) is 12.2 Å². The van der Waals surface area contributed by atoms with E-state index in [1.165, 1.54) is 0 Å². The van der Waals surface area contributed by atoms with Crippen molar-refractivity contribution >= 4 is 0 Å². The summed E-state index contributed by atoms with van der Waals surface area (Å²) in [6.07, 6.45) is 3.56. The quantitative estimate of drug-likeness (QED) is 0.644. The highest BCUT2D eigenvalue weighted by atomic mass is 16.3. The van der Waals surface area contributed by atoms with Crippen LogP contribution in [0.25, 0.3) is 0 Å². The van der Waals surface area contributed by atoms with Crippen molar-refractivity contribution in [1.82, 2.24) is 0 Å². The third-order valence-corrected chi connectivity index (χ3v) is 2.16. The smallest absolute Gasteiger partial charge is 0.0743 e. The minimum atomic E-state index is -0.389. The van der Waals surface area contributed by atoms with Gasteiger partial charge in [0, 0.05) is 0 Å². The van der Waals surface area contributed by atoms with Crippen LogP contribution in [0, 0.1) is 11.8 Å². The first kappa shape index (κ1) is 12.7. The molecule has 0 aliphatic heterocycles. The van der Waals surface area contributed by atoms with Crippen molar-refractivity contribution in [2.45, 2.75) is 46.3 Å². The van der Waals surface area contributed by atoms with Crippen LogP contribution in [0.2, 0.25) is 0 Å². The molecule has 0 rings (SSSR count). The number of hydrogen-bond acceptors (Lipinski definition) is 2. The zero-order valence-corrected chi connectivity index (χ0v) is 9.07. The van der Waals surface area contributed by atoms with Crippen LogP contribution in [0.1, 0.15) is 34.1 Å². The number of rotatable bonds is 5. The summed E-state index contributed by atoms with van der Waals surface area (Å²) in [7, 11) is 0. The van der Waals surface area contributed by atoms with Gasteiger partial charge >= 0.3 is 0 Å². The van der Waals surface area contributed by atoms with E-state index in [1.54, 1.807) is 6.08 Å². The number of aliphatic hydroxyl groups excluding tert-OH is 2. The fourth-order valence-electron chi connectivity index (χ4n) is 0.852. The van der Waals surface area contributed by atoms with Crippen LogP contribution in [0.3, 0.4) is 0 Å². The summed E-state index contributed by atoms with van der Waals surface area (Å²) in [5.41, 5.74) is 0. The molecule has 0 aliphatic carbocycles. The van der Waals surface area contributed by atoms with Crippen molar-refractivity contribution in [2.24, 2.45) is 11.8 Å². The lowest BCUT2D eigenvalue weighted by molar-refractivity contribution is 0.127. The average molecular weight is 186 g/mol. The van der Waals surface area contributed by atoms with Crippen LogP contribution in [0.5, 0.6) is 0 Å². The summed E-state index contributed by atoms with van der Waals surface area (Å²) in [4.78, 5) is 0. The molecule has 2 nitrogen and oxygen atoms in total. The second kappa shape index (κ2) is 6.17. The average Bonchev–Trinajstić information content (AvgIpc) is 2.03. The van der Waals surface area contributed by atoms with Gasteiger partial charge in [-0.15, -0.1) is 0 Å². The van der Waals surface area contributed by atoms with Gasteiger partial charge in [-0.25, -0.2) is 0 Å². The highest BCUT2D eigenvalue weighted by Crippen LogP contribution is 2.08. The van der Waals surface area contributed by atoms with Gasteiger partial charge in [-0.2, -0.15) is 0 Å². The first-order valence-corrected chi connectivity index (χ1v) is 4.98. The summed E-state index contributed by atoms with van der Waals surface area (Å²) in [6.45, 7) is 7.90. The van der Waals surface area contributed by atoms with Crippen LogP contribution in [-0.2, 0) is 0 Å². The lowest BCUT2D eigenvalue weighted by Gasteiger charge is -2.12. The molecule has 0 amide bonds. The Hall–Kier alpha value is -0.340. The van der Waals surface area contributed by atoms with Crippen molar-refractivity contribution in [1.29, 1.82) is 0 Å². The Balaban J connectivity index is 3.74.